The number of amides is 1. The van der Waals surface area contributed by atoms with Gasteiger partial charge in [0, 0.05) is 43.3 Å². The highest BCUT2D eigenvalue weighted by molar-refractivity contribution is 5.95. The highest BCUT2D eigenvalue weighted by atomic mass is 16.6. The fourth-order valence-electron chi connectivity index (χ4n) is 5.13. The second-order valence-corrected chi connectivity index (χ2v) is 9.10. The lowest BCUT2D eigenvalue weighted by Crippen LogP contribution is -2.40. The van der Waals surface area contributed by atoms with Crippen LogP contribution in [0.25, 0.3) is 12.2 Å². The zero-order valence-corrected chi connectivity index (χ0v) is 18.1. The molecule has 2 aromatic heterocycles. The lowest BCUT2D eigenvalue weighted by molar-refractivity contribution is -0.134. The molecule has 1 spiro atoms. The third-order valence-electron chi connectivity index (χ3n) is 7.14. The lowest BCUT2D eigenvalue weighted by Gasteiger charge is -2.27. The van der Waals surface area contributed by atoms with Gasteiger partial charge < -0.3 is 9.64 Å². The highest BCUT2D eigenvalue weighted by Crippen LogP contribution is 2.52. The fraction of sp³-hybridized carbons (Fsp3) is 0.259. The maximum Gasteiger partial charge on any atom is 0.341 e. The van der Waals surface area contributed by atoms with Gasteiger partial charge in [0.15, 0.2) is 5.60 Å². The van der Waals surface area contributed by atoms with E-state index in [1.165, 1.54) is 0 Å². The number of fused-ring (bicyclic) bond motifs is 2. The Bertz CT molecular complexity index is 1270. The average molecular weight is 437 g/mol. The van der Waals surface area contributed by atoms with Crippen LogP contribution in [0.1, 0.15) is 51.9 Å². The van der Waals surface area contributed by atoms with E-state index in [0.29, 0.717) is 25.1 Å². The van der Waals surface area contributed by atoms with Crippen molar-refractivity contribution in [3.8, 4) is 0 Å². The molecule has 164 valence electrons. The second-order valence-electron chi connectivity index (χ2n) is 9.10. The van der Waals surface area contributed by atoms with Crippen LogP contribution < -0.4 is 0 Å². The molecule has 0 bridgehead atoms. The second kappa shape index (κ2) is 7.37. The number of carbonyl (C=O) groups excluding carboxylic acids is 2. The van der Waals surface area contributed by atoms with Gasteiger partial charge >= 0.3 is 5.97 Å². The van der Waals surface area contributed by atoms with E-state index in [1.807, 2.05) is 23.1 Å². The summed E-state index contributed by atoms with van der Waals surface area (Å²) in [5.74, 6) is -0.207. The van der Waals surface area contributed by atoms with E-state index >= 15 is 0 Å². The first-order valence-corrected chi connectivity index (χ1v) is 11.3. The standard InChI is InChI=1S/C27H23N3O3/c31-24-22-17-29-15-9-23(22)27(33-24)12-16-30(18-27)25(32)26(10-11-26)21-5-3-19(4-6-21)1-2-20-7-13-28-14-8-20/h1-9,13-15,17H,10-12,16,18H2. The maximum absolute atomic E-state index is 13.6. The van der Waals surface area contributed by atoms with Crippen molar-refractivity contribution in [2.24, 2.45) is 0 Å². The Kier molecular flexibility index (Phi) is 4.43. The fourth-order valence-corrected chi connectivity index (χ4v) is 5.13. The molecule has 6 heteroatoms. The summed E-state index contributed by atoms with van der Waals surface area (Å²) in [5.41, 5.74) is 3.42. The summed E-state index contributed by atoms with van der Waals surface area (Å²) in [6, 6.07) is 14.0. The molecule has 2 aliphatic heterocycles. The number of esters is 1. The van der Waals surface area contributed by atoms with Gasteiger partial charge in [0.25, 0.3) is 0 Å². The zero-order chi connectivity index (χ0) is 22.5. The van der Waals surface area contributed by atoms with E-state index in [0.717, 1.165) is 35.1 Å². The third-order valence-corrected chi connectivity index (χ3v) is 7.14. The maximum atomic E-state index is 13.6. The van der Waals surface area contributed by atoms with Crippen LogP contribution in [0.3, 0.4) is 0 Å². The van der Waals surface area contributed by atoms with Crippen molar-refractivity contribution >= 4 is 24.0 Å². The first kappa shape index (κ1) is 19.9. The Morgan fingerprint density at radius 1 is 0.909 bits per heavy atom. The summed E-state index contributed by atoms with van der Waals surface area (Å²) in [5, 5.41) is 0. The van der Waals surface area contributed by atoms with Gasteiger partial charge in [-0.05, 0) is 47.7 Å². The lowest BCUT2D eigenvalue weighted by atomic mass is 9.92. The predicted molar refractivity (Wildman–Crippen MR) is 123 cm³/mol. The largest absolute Gasteiger partial charge is 0.449 e. The van der Waals surface area contributed by atoms with Gasteiger partial charge in [0.1, 0.15) is 0 Å². The Balaban J connectivity index is 1.19. The molecular formula is C27H23N3O3. The van der Waals surface area contributed by atoms with Crippen molar-refractivity contribution in [2.45, 2.75) is 30.3 Å². The van der Waals surface area contributed by atoms with Crippen molar-refractivity contribution in [3.05, 3.63) is 95.1 Å². The van der Waals surface area contributed by atoms with Crippen LogP contribution >= 0.6 is 0 Å². The summed E-state index contributed by atoms with van der Waals surface area (Å²) in [6.45, 7) is 0.992. The molecule has 6 nitrogen and oxygen atoms in total. The van der Waals surface area contributed by atoms with Gasteiger partial charge in [0.2, 0.25) is 5.91 Å². The Labute approximate surface area is 191 Å². The number of aromatic nitrogens is 2. The molecular weight excluding hydrogens is 414 g/mol. The molecule has 1 saturated carbocycles. The molecule has 3 aliphatic rings. The zero-order valence-electron chi connectivity index (χ0n) is 18.1. The predicted octanol–water partition coefficient (Wildman–Crippen LogP) is 3.98. The van der Waals surface area contributed by atoms with E-state index in [4.69, 9.17) is 4.74 Å². The SMILES string of the molecule is O=C1OC2(CCN(C(=O)C3(c4ccc(C=Cc5ccncc5)cc4)CC3)C2)c2ccncc21. The molecule has 1 atom stereocenters. The van der Waals surface area contributed by atoms with Gasteiger partial charge in [-0.1, -0.05) is 36.4 Å². The van der Waals surface area contributed by atoms with E-state index in [9.17, 15) is 9.59 Å². The molecule has 0 radical (unpaired) electrons. The number of rotatable bonds is 4. The van der Waals surface area contributed by atoms with Gasteiger partial charge in [-0.25, -0.2) is 4.79 Å². The van der Waals surface area contributed by atoms with Gasteiger partial charge in [0.05, 0.1) is 17.5 Å². The van der Waals surface area contributed by atoms with E-state index in [1.54, 1.807) is 24.8 Å². The molecule has 1 unspecified atom stereocenters. The van der Waals surface area contributed by atoms with E-state index < -0.39 is 11.0 Å². The topological polar surface area (TPSA) is 72.4 Å². The molecule has 1 aliphatic carbocycles. The number of nitrogens with zero attached hydrogens (tertiary/aromatic N) is 3. The van der Waals surface area contributed by atoms with Crippen molar-refractivity contribution in [3.63, 3.8) is 0 Å². The molecule has 1 saturated heterocycles. The molecule has 6 rings (SSSR count). The van der Waals surface area contributed by atoms with Crippen molar-refractivity contribution < 1.29 is 14.3 Å². The minimum Gasteiger partial charge on any atom is -0.449 e. The third kappa shape index (κ3) is 3.25. The Hall–Kier alpha value is -3.80. The molecule has 3 aromatic rings. The van der Waals surface area contributed by atoms with E-state index in [-0.39, 0.29) is 11.9 Å². The van der Waals surface area contributed by atoms with Crippen LogP contribution in [0, 0.1) is 0 Å². The minimum atomic E-state index is -0.733. The molecule has 1 amide bonds. The van der Waals surface area contributed by atoms with Crippen molar-refractivity contribution in [2.75, 3.05) is 13.1 Å². The number of pyridine rings is 2. The van der Waals surface area contributed by atoms with Crippen LogP contribution in [-0.2, 0) is 20.5 Å². The molecule has 33 heavy (non-hydrogen) atoms. The van der Waals surface area contributed by atoms with Crippen LogP contribution in [-0.4, -0.2) is 39.8 Å². The summed E-state index contributed by atoms with van der Waals surface area (Å²) < 4.78 is 5.79. The van der Waals surface area contributed by atoms with Crippen LogP contribution in [0.5, 0.6) is 0 Å². The average Bonchev–Trinajstić information content (AvgIpc) is 3.49. The highest BCUT2D eigenvalue weighted by Gasteiger charge is 2.57. The summed E-state index contributed by atoms with van der Waals surface area (Å²) in [7, 11) is 0. The quantitative estimate of drug-likeness (QED) is 0.578. The molecule has 0 N–H and O–H groups in total. The first-order valence-electron chi connectivity index (χ1n) is 11.3. The molecule has 1 aromatic carbocycles. The van der Waals surface area contributed by atoms with Gasteiger partial charge in [-0.3, -0.25) is 14.8 Å². The Morgan fingerprint density at radius 3 is 2.33 bits per heavy atom. The van der Waals surface area contributed by atoms with Gasteiger partial charge in [-0.15, -0.1) is 0 Å². The molecule has 4 heterocycles. The van der Waals surface area contributed by atoms with Crippen LogP contribution in [0.15, 0.2) is 67.3 Å². The summed E-state index contributed by atoms with van der Waals surface area (Å²) in [4.78, 5) is 35.9. The summed E-state index contributed by atoms with van der Waals surface area (Å²) >= 11 is 0. The van der Waals surface area contributed by atoms with Gasteiger partial charge in [-0.2, -0.15) is 0 Å². The van der Waals surface area contributed by atoms with Crippen molar-refractivity contribution in [1.29, 1.82) is 0 Å². The number of ether oxygens (including phenoxy) is 1. The number of carbonyl (C=O) groups is 2. The number of likely N-dealkylation sites (tertiary alicyclic amines) is 1. The molecule has 2 fully saturated rings. The normalized spacial score (nSPS) is 22.5. The number of benzene rings is 1. The van der Waals surface area contributed by atoms with Crippen LogP contribution in [0.4, 0.5) is 0 Å². The first-order chi connectivity index (χ1) is 16.1. The minimum absolute atomic E-state index is 0.137. The number of hydrogen-bond donors (Lipinski definition) is 0. The van der Waals surface area contributed by atoms with Crippen molar-refractivity contribution in [1.82, 2.24) is 14.9 Å². The van der Waals surface area contributed by atoms with Crippen LogP contribution in [0.2, 0.25) is 0 Å². The summed E-state index contributed by atoms with van der Waals surface area (Å²) in [6.07, 6.45) is 13.2. The van der Waals surface area contributed by atoms with E-state index in [2.05, 4.69) is 46.4 Å². The monoisotopic (exact) mass is 437 g/mol. The Morgan fingerprint density at radius 2 is 1.61 bits per heavy atom. The smallest absolute Gasteiger partial charge is 0.341 e. The number of hydrogen-bond acceptors (Lipinski definition) is 5.